The number of likely N-dealkylation sites (tertiary alicyclic amines) is 1. The summed E-state index contributed by atoms with van der Waals surface area (Å²) in [5.74, 6) is 0.151. The highest BCUT2D eigenvalue weighted by molar-refractivity contribution is 5.99. The summed E-state index contributed by atoms with van der Waals surface area (Å²) in [7, 11) is 2.07. The molecule has 3 nitrogen and oxygen atoms in total. The van der Waals surface area contributed by atoms with E-state index in [0.717, 1.165) is 36.0 Å². The molecule has 1 aliphatic rings. The molecule has 1 aromatic heterocycles. The Morgan fingerprint density at radius 1 is 1.00 bits per heavy atom. The molecule has 0 N–H and O–H groups in total. The van der Waals surface area contributed by atoms with E-state index in [9.17, 15) is 4.79 Å². The predicted molar refractivity (Wildman–Crippen MR) is 88.9 cm³/mol. The molecular weight excluding hydrogens is 272 g/mol. The molecule has 3 aromatic rings. The fraction of sp³-hybridized carbons (Fsp3) is 0.211. The molecule has 0 aliphatic carbocycles. The quantitative estimate of drug-likeness (QED) is 0.706. The van der Waals surface area contributed by atoms with E-state index < -0.39 is 0 Å². The van der Waals surface area contributed by atoms with E-state index in [1.807, 2.05) is 35.2 Å². The molecule has 110 valence electrons. The van der Waals surface area contributed by atoms with Crippen LogP contribution in [-0.4, -0.2) is 28.5 Å². The minimum Gasteiger partial charge on any atom is -0.344 e. The SMILES string of the molecule is Cn1c(-c2ccccc2)cc2cc(C(=O)N3CCC3)ccc21. The highest BCUT2D eigenvalue weighted by atomic mass is 16.2. The lowest BCUT2D eigenvalue weighted by Crippen LogP contribution is -2.41. The first kappa shape index (κ1) is 13.1. The van der Waals surface area contributed by atoms with Gasteiger partial charge in [-0.05, 0) is 36.2 Å². The Hall–Kier alpha value is -2.55. The molecule has 0 bridgehead atoms. The van der Waals surface area contributed by atoms with Gasteiger partial charge in [-0.2, -0.15) is 0 Å². The van der Waals surface area contributed by atoms with Crippen molar-refractivity contribution in [1.82, 2.24) is 9.47 Å². The van der Waals surface area contributed by atoms with Gasteiger partial charge in [0, 0.05) is 42.3 Å². The third-order valence-corrected chi connectivity index (χ3v) is 4.50. The van der Waals surface area contributed by atoms with Crippen LogP contribution in [0.15, 0.2) is 54.6 Å². The Labute approximate surface area is 129 Å². The summed E-state index contributed by atoms with van der Waals surface area (Å²) in [6.45, 7) is 1.78. The topological polar surface area (TPSA) is 25.2 Å². The van der Waals surface area contributed by atoms with Crippen molar-refractivity contribution in [3.63, 3.8) is 0 Å². The molecule has 0 radical (unpaired) electrons. The monoisotopic (exact) mass is 290 g/mol. The predicted octanol–water partition coefficient (Wildman–Crippen LogP) is 3.69. The van der Waals surface area contributed by atoms with E-state index in [4.69, 9.17) is 0 Å². The van der Waals surface area contributed by atoms with E-state index in [-0.39, 0.29) is 5.91 Å². The first-order valence-corrected chi connectivity index (χ1v) is 7.68. The standard InChI is InChI=1S/C19H18N2O/c1-20-17-9-8-15(19(22)21-10-5-11-21)12-16(17)13-18(20)14-6-3-2-4-7-14/h2-4,6-9,12-13H,5,10-11H2,1H3. The smallest absolute Gasteiger partial charge is 0.253 e. The number of carbonyl (C=O) groups is 1. The minimum atomic E-state index is 0.151. The average molecular weight is 290 g/mol. The van der Waals surface area contributed by atoms with Gasteiger partial charge in [-0.25, -0.2) is 0 Å². The van der Waals surface area contributed by atoms with Crippen LogP contribution < -0.4 is 0 Å². The first-order chi connectivity index (χ1) is 10.7. The first-order valence-electron chi connectivity index (χ1n) is 7.68. The molecule has 3 heteroatoms. The molecule has 1 fully saturated rings. The van der Waals surface area contributed by atoms with Crippen LogP contribution >= 0.6 is 0 Å². The lowest BCUT2D eigenvalue weighted by atomic mass is 10.1. The van der Waals surface area contributed by atoms with Gasteiger partial charge in [0.15, 0.2) is 0 Å². The molecule has 1 aliphatic heterocycles. The van der Waals surface area contributed by atoms with Gasteiger partial charge < -0.3 is 9.47 Å². The van der Waals surface area contributed by atoms with Crippen LogP contribution in [0.2, 0.25) is 0 Å². The maximum atomic E-state index is 12.4. The van der Waals surface area contributed by atoms with E-state index in [0.29, 0.717) is 0 Å². The summed E-state index contributed by atoms with van der Waals surface area (Å²) in [4.78, 5) is 14.3. The van der Waals surface area contributed by atoms with E-state index >= 15 is 0 Å². The van der Waals surface area contributed by atoms with Gasteiger partial charge in [0.05, 0.1) is 0 Å². The van der Waals surface area contributed by atoms with Crippen molar-refractivity contribution in [3.05, 3.63) is 60.2 Å². The Bertz CT molecular complexity index is 845. The Morgan fingerprint density at radius 2 is 1.77 bits per heavy atom. The van der Waals surface area contributed by atoms with Gasteiger partial charge in [0.25, 0.3) is 5.91 Å². The molecule has 0 atom stereocenters. The number of nitrogens with zero attached hydrogens (tertiary/aromatic N) is 2. The molecule has 1 saturated heterocycles. The number of benzene rings is 2. The Morgan fingerprint density at radius 3 is 2.45 bits per heavy atom. The van der Waals surface area contributed by atoms with E-state index in [1.54, 1.807) is 0 Å². The van der Waals surface area contributed by atoms with Crippen molar-refractivity contribution < 1.29 is 4.79 Å². The lowest BCUT2D eigenvalue weighted by Gasteiger charge is -2.30. The molecule has 0 unspecified atom stereocenters. The summed E-state index contributed by atoms with van der Waals surface area (Å²) in [6.07, 6.45) is 1.12. The summed E-state index contributed by atoms with van der Waals surface area (Å²) >= 11 is 0. The fourth-order valence-electron chi connectivity index (χ4n) is 3.07. The molecule has 1 amide bonds. The van der Waals surface area contributed by atoms with Gasteiger partial charge in [-0.1, -0.05) is 30.3 Å². The maximum absolute atomic E-state index is 12.4. The van der Waals surface area contributed by atoms with Crippen LogP contribution in [0, 0.1) is 0 Å². The molecule has 2 aromatic carbocycles. The van der Waals surface area contributed by atoms with Gasteiger partial charge in [-0.3, -0.25) is 4.79 Å². The third kappa shape index (κ3) is 2.01. The zero-order chi connectivity index (χ0) is 15.1. The Kier molecular flexibility index (Phi) is 3.00. The Balaban J connectivity index is 1.79. The van der Waals surface area contributed by atoms with Crippen LogP contribution in [0.4, 0.5) is 0 Å². The normalized spacial score (nSPS) is 14.1. The summed E-state index contributed by atoms with van der Waals surface area (Å²) in [6, 6.07) is 18.5. The number of carbonyl (C=O) groups excluding carboxylic acids is 1. The van der Waals surface area contributed by atoms with Crippen molar-refractivity contribution in [3.8, 4) is 11.3 Å². The second-order valence-electron chi connectivity index (χ2n) is 5.87. The molecule has 22 heavy (non-hydrogen) atoms. The lowest BCUT2D eigenvalue weighted by molar-refractivity contribution is 0.0652. The van der Waals surface area contributed by atoms with Gasteiger partial charge >= 0.3 is 0 Å². The number of aromatic nitrogens is 1. The van der Waals surface area contributed by atoms with E-state index in [2.05, 4.69) is 35.9 Å². The summed E-state index contributed by atoms with van der Waals surface area (Å²) in [5, 5.41) is 1.12. The second-order valence-corrected chi connectivity index (χ2v) is 5.87. The fourth-order valence-corrected chi connectivity index (χ4v) is 3.07. The summed E-state index contributed by atoms with van der Waals surface area (Å²) in [5.41, 5.74) is 4.30. The molecule has 0 saturated carbocycles. The van der Waals surface area contributed by atoms with Gasteiger partial charge in [0.2, 0.25) is 0 Å². The average Bonchev–Trinajstić information content (AvgIpc) is 2.83. The minimum absolute atomic E-state index is 0.151. The molecule has 0 spiro atoms. The highest BCUT2D eigenvalue weighted by Gasteiger charge is 2.22. The number of aryl methyl sites for hydroxylation is 1. The zero-order valence-corrected chi connectivity index (χ0v) is 12.6. The number of amides is 1. The van der Waals surface area contributed by atoms with Crippen molar-refractivity contribution in [2.24, 2.45) is 7.05 Å². The van der Waals surface area contributed by atoms with Crippen molar-refractivity contribution in [1.29, 1.82) is 0 Å². The number of hydrogen-bond donors (Lipinski definition) is 0. The second kappa shape index (κ2) is 5.02. The number of hydrogen-bond acceptors (Lipinski definition) is 1. The van der Waals surface area contributed by atoms with E-state index in [1.165, 1.54) is 11.3 Å². The molecule has 4 rings (SSSR count). The largest absolute Gasteiger partial charge is 0.344 e. The van der Waals surface area contributed by atoms with Crippen LogP contribution in [0.5, 0.6) is 0 Å². The molecule has 2 heterocycles. The third-order valence-electron chi connectivity index (χ3n) is 4.50. The van der Waals surface area contributed by atoms with Crippen molar-refractivity contribution in [2.75, 3.05) is 13.1 Å². The number of fused-ring (bicyclic) bond motifs is 1. The van der Waals surface area contributed by atoms with Crippen LogP contribution in [-0.2, 0) is 7.05 Å². The van der Waals surface area contributed by atoms with Crippen molar-refractivity contribution >= 4 is 16.8 Å². The summed E-state index contributed by atoms with van der Waals surface area (Å²) < 4.78 is 2.18. The van der Waals surface area contributed by atoms with Gasteiger partial charge in [0.1, 0.15) is 0 Å². The van der Waals surface area contributed by atoms with Crippen molar-refractivity contribution in [2.45, 2.75) is 6.42 Å². The van der Waals surface area contributed by atoms with Gasteiger partial charge in [-0.15, -0.1) is 0 Å². The van der Waals surface area contributed by atoms with Crippen LogP contribution in [0.25, 0.3) is 22.2 Å². The van der Waals surface area contributed by atoms with Crippen LogP contribution in [0.1, 0.15) is 16.8 Å². The number of rotatable bonds is 2. The molecular formula is C19H18N2O. The zero-order valence-electron chi connectivity index (χ0n) is 12.6. The highest BCUT2D eigenvalue weighted by Crippen LogP contribution is 2.28. The van der Waals surface area contributed by atoms with Crippen LogP contribution in [0.3, 0.4) is 0 Å². The maximum Gasteiger partial charge on any atom is 0.253 e.